The molecule has 58 valence electrons. The summed E-state index contributed by atoms with van der Waals surface area (Å²) >= 11 is 0. The summed E-state index contributed by atoms with van der Waals surface area (Å²) in [5.74, 6) is 0. The monoisotopic (exact) mass is 146 g/mol. The molecule has 3 atom stereocenters. The van der Waals surface area contributed by atoms with Crippen molar-refractivity contribution >= 4 is 0 Å². The second-order valence-corrected chi connectivity index (χ2v) is 2.83. The van der Waals surface area contributed by atoms with E-state index in [0.29, 0.717) is 13.2 Å². The van der Waals surface area contributed by atoms with Gasteiger partial charge in [0, 0.05) is 0 Å². The highest BCUT2D eigenvalue weighted by Gasteiger charge is 2.55. The average molecular weight is 146 g/mol. The average Bonchev–Trinajstić information content (AvgIpc) is 2.46. The van der Waals surface area contributed by atoms with Crippen molar-refractivity contribution in [1.29, 1.82) is 0 Å². The van der Waals surface area contributed by atoms with Crippen molar-refractivity contribution < 1.29 is 19.7 Å². The van der Waals surface area contributed by atoms with Gasteiger partial charge in [0.1, 0.15) is 17.8 Å². The Morgan fingerprint density at radius 2 is 2.40 bits per heavy atom. The number of fused-ring (bicyclic) bond motifs is 2. The Hall–Kier alpha value is -0.160. The number of rotatable bonds is 1. The van der Waals surface area contributed by atoms with Crippen molar-refractivity contribution in [2.45, 2.75) is 17.8 Å². The molecule has 0 amide bonds. The van der Waals surface area contributed by atoms with Crippen LogP contribution in [-0.2, 0) is 9.47 Å². The molecule has 10 heavy (non-hydrogen) atoms. The summed E-state index contributed by atoms with van der Waals surface area (Å²) in [6, 6.07) is 0. The van der Waals surface area contributed by atoms with Crippen LogP contribution in [0.4, 0.5) is 0 Å². The fourth-order valence-electron chi connectivity index (χ4n) is 1.46. The zero-order valence-corrected chi connectivity index (χ0v) is 5.49. The third kappa shape index (κ3) is 0.594. The summed E-state index contributed by atoms with van der Waals surface area (Å²) < 4.78 is 10.3. The minimum atomic E-state index is -0.801. The number of hydrogen-bond acceptors (Lipinski definition) is 4. The lowest BCUT2D eigenvalue weighted by Crippen LogP contribution is -2.43. The van der Waals surface area contributed by atoms with E-state index >= 15 is 0 Å². The zero-order valence-electron chi connectivity index (χ0n) is 5.49. The Kier molecular flexibility index (Phi) is 1.25. The molecular formula is C6H10O4. The Balaban J connectivity index is 2.22. The van der Waals surface area contributed by atoms with Gasteiger partial charge in [-0.2, -0.15) is 0 Å². The van der Waals surface area contributed by atoms with Crippen LogP contribution >= 0.6 is 0 Å². The molecule has 2 fully saturated rings. The predicted molar refractivity (Wildman–Crippen MR) is 31.5 cm³/mol. The molecule has 4 heteroatoms. The molecule has 0 aromatic rings. The van der Waals surface area contributed by atoms with Gasteiger partial charge in [0.2, 0.25) is 0 Å². The SMILES string of the molecule is OC[C@]12CO[C@H](CO1)[C@H]2O. The first-order chi connectivity index (χ1) is 4.78. The van der Waals surface area contributed by atoms with Gasteiger partial charge in [0.15, 0.2) is 0 Å². The first kappa shape index (κ1) is 6.54. The van der Waals surface area contributed by atoms with Crippen molar-refractivity contribution in [3.63, 3.8) is 0 Å². The van der Waals surface area contributed by atoms with E-state index in [0.717, 1.165) is 0 Å². The molecule has 0 radical (unpaired) electrons. The zero-order chi connectivity index (χ0) is 7.19. The number of ether oxygens (including phenoxy) is 2. The molecule has 0 spiro atoms. The van der Waals surface area contributed by atoms with Gasteiger partial charge in [0.25, 0.3) is 0 Å². The first-order valence-corrected chi connectivity index (χ1v) is 3.33. The maximum Gasteiger partial charge on any atom is 0.143 e. The number of aliphatic hydroxyl groups excluding tert-OH is 2. The van der Waals surface area contributed by atoms with Crippen LogP contribution < -0.4 is 0 Å². The van der Waals surface area contributed by atoms with Crippen LogP contribution in [0.15, 0.2) is 0 Å². The summed E-state index contributed by atoms with van der Waals surface area (Å²) in [5, 5.41) is 18.2. The minimum absolute atomic E-state index is 0.162. The molecule has 0 aliphatic carbocycles. The Morgan fingerprint density at radius 3 is 2.60 bits per heavy atom. The summed E-state index contributed by atoms with van der Waals surface area (Å²) in [6.07, 6.45) is -0.857. The van der Waals surface area contributed by atoms with Gasteiger partial charge in [-0.3, -0.25) is 0 Å². The molecule has 0 unspecified atom stereocenters. The third-order valence-electron chi connectivity index (χ3n) is 2.24. The van der Waals surface area contributed by atoms with Crippen LogP contribution in [0.3, 0.4) is 0 Å². The molecule has 2 rings (SSSR count). The maximum absolute atomic E-state index is 9.37. The van der Waals surface area contributed by atoms with Crippen molar-refractivity contribution in [2.24, 2.45) is 0 Å². The second-order valence-electron chi connectivity index (χ2n) is 2.83. The van der Waals surface area contributed by atoms with Crippen molar-refractivity contribution in [3.05, 3.63) is 0 Å². The number of hydrogen-bond donors (Lipinski definition) is 2. The molecule has 0 aromatic heterocycles. The van der Waals surface area contributed by atoms with Gasteiger partial charge in [-0.1, -0.05) is 0 Å². The summed E-state index contributed by atoms with van der Waals surface area (Å²) in [6.45, 7) is 0.557. The Labute approximate surface area is 58.4 Å². The van der Waals surface area contributed by atoms with Gasteiger partial charge in [0.05, 0.1) is 19.8 Å². The Morgan fingerprint density at radius 1 is 1.60 bits per heavy atom. The highest BCUT2D eigenvalue weighted by atomic mass is 16.6. The van der Waals surface area contributed by atoms with E-state index in [1.165, 1.54) is 0 Å². The fourth-order valence-corrected chi connectivity index (χ4v) is 1.46. The molecule has 2 N–H and O–H groups in total. The molecule has 2 heterocycles. The summed E-state index contributed by atoms with van der Waals surface area (Å²) in [4.78, 5) is 0. The van der Waals surface area contributed by atoms with E-state index < -0.39 is 11.7 Å². The van der Waals surface area contributed by atoms with Gasteiger partial charge in [-0.05, 0) is 0 Å². The minimum Gasteiger partial charge on any atom is -0.393 e. The van der Waals surface area contributed by atoms with Gasteiger partial charge >= 0.3 is 0 Å². The molecular weight excluding hydrogens is 136 g/mol. The van der Waals surface area contributed by atoms with E-state index in [-0.39, 0.29) is 12.7 Å². The van der Waals surface area contributed by atoms with E-state index in [4.69, 9.17) is 14.6 Å². The summed E-state index contributed by atoms with van der Waals surface area (Å²) in [5.41, 5.74) is -0.801. The van der Waals surface area contributed by atoms with E-state index in [1.54, 1.807) is 0 Å². The van der Waals surface area contributed by atoms with Gasteiger partial charge < -0.3 is 19.7 Å². The fraction of sp³-hybridized carbons (Fsp3) is 1.00. The van der Waals surface area contributed by atoms with Crippen LogP contribution in [0.25, 0.3) is 0 Å². The standard InChI is InChI=1S/C6H10O4/c7-2-6-3-9-4(1-10-6)5(6)8/h4-5,7-8H,1-3H2/t4-,5-,6-/m1/s1. The molecule has 2 aliphatic rings. The molecule has 4 nitrogen and oxygen atoms in total. The first-order valence-electron chi connectivity index (χ1n) is 3.33. The van der Waals surface area contributed by atoms with Crippen LogP contribution in [0.5, 0.6) is 0 Å². The van der Waals surface area contributed by atoms with E-state index in [9.17, 15) is 5.11 Å². The largest absolute Gasteiger partial charge is 0.393 e. The lowest BCUT2D eigenvalue weighted by molar-refractivity contribution is -0.122. The van der Waals surface area contributed by atoms with Gasteiger partial charge in [-0.25, -0.2) is 0 Å². The number of aliphatic hydroxyl groups is 2. The third-order valence-corrected chi connectivity index (χ3v) is 2.24. The smallest absolute Gasteiger partial charge is 0.143 e. The normalized spacial score (nSPS) is 52.2. The maximum atomic E-state index is 9.37. The van der Waals surface area contributed by atoms with Crippen LogP contribution in [0.1, 0.15) is 0 Å². The highest BCUT2D eigenvalue weighted by Crippen LogP contribution is 2.34. The highest BCUT2D eigenvalue weighted by molar-refractivity contribution is 5.03. The Bertz CT molecular complexity index is 139. The lowest BCUT2D eigenvalue weighted by Gasteiger charge is -2.23. The van der Waals surface area contributed by atoms with E-state index in [2.05, 4.69) is 0 Å². The molecule has 2 bridgehead atoms. The van der Waals surface area contributed by atoms with Crippen molar-refractivity contribution in [2.75, 3.05) is 19.8 Å². The quantitative estimate of drug-likeness (QED) is 0.473. The molecule has 2 saturated heterocycles. The lowest BCUT2D eigenvalue weighted by atomic mass is 10.0. The van der Waals surface area contributed by atoms with Crippen LogP contribution in [0, 0.1) is 0 Å². The van der Waals surface area contributed by atoms with E-state index in [1.807, 2.05) is 0 Å². The molecule has 2 aliphatic heterocycles. The predicted octanol–water partition coefficient (Wildman–Crippen LogP) is -1.49. The van der Waals surface area contributed by atoms with Crippen molar-refractivity contribution in [1.82, 2.24) is 0 Å². The molecule has 0 saturated carbocycles. The van der Waals surface area contributed by atoms with Crippen molar-refractivity contribution in [3.8, 4) is 0 Å². The molecule has 0 aromatic carbocycles. The van der Waals surface area contributed by atoms with Crippen LogP contribution in [-0.4, -0.2) is 47.8 Å². The van der Waals surface area contributed by atoms with Gasteiger partial charge in [-0.15, -0.1) is 0 Å². The second kappa shape index (κ2) is 1.92. The summed E-state index contributed by atoms with van der Waals surface area (Å²) in [7, 11) is 0. The topological polar surface area (TPSA) is 58.9 Å². The van der Waals surface area contributed by atoms with Crippen LogP contribution in [0.2, 0.25) is 0 Å².